The zero-order chi connectivity index (χ0) is 21.5. The number of hydrogen-bond donors (Lipinski definition) is 1. The van der Waals surface area contributed by atoms with Crippen molar-refractivity contribution in [3.63, 3.8) is 0 Å². The van der Waals surface area contributed by atoms with E-state index in [1.54, 1.807) is 29.3 Å². The molecule has 0 saturated carbocycles. The Hall–Kier alpha value is -1.86. The molecule has 3 aromatic rings. The number of benzene rings is 2. The molecule has 1 atom stereocenters. The molecule has 0 saturated heterocycles. The van der Waals surface area contributed by atoms with Crippen LogP contribution in [0.1, 0.15) is 24.6 Å². The summed E-state index contributed by atoms with van der Waals surface area (Å²) in [5.74, 6) is 0.433. The summed E-state index contributed by atoms with van der Waals surface area (Å²) >= 11 is 15.9. The van der Waals surface area contributed by atoms with Gasteiger partial charge in [0, 0.05) is 33.2 Å². The number of imidazole rings is 1. The molecule has 5 nitrogen and oxygen atoms in total. The van der Waals surface area contributed by atoms with Crippen molar-refractivity contribution < 1.29 is 9.90 Å². The first kappa shape index (κ1) is 21.4. The molecule has 1 aliphatic rings. The third-order valence-electron chi connectivity index (χ3n) is 5.33. The van der Waals surface area contributed by atoms with Gasteiger partial charge in [0.25, 0.3) is 5.91 Å². The highest BCUT2D eigenvalue weighted by molar-refractivity contribution is 9.10. The quantitative estimate of drug-likeness (QED) is 0.477. The van der Waals surface area contributed by atoms with Gasteiger partial charge < -0.3 is 5.11 Å². The van der Waals surface area contributed by atoms with Gasteiger partial charge in [0.15, 0.2) is 0 Å². The Morgan fingerprint density at radius 2 is 1.80 bits per heavy atom. The lowest BCUT2D eigenvalue weighted by Gasteiger charge is -2.27. The van der Waals surface area contributed by atoms with Gasteiger partial charge in [-0.1, -0.05) is 51.3 Å². The Balaban J connectivity index is 1.83. The van der Waals surface area contributed by atoms with E-state index in [0.717, 1.165) is 15.7 Å². The van der Waals surface area contributed by atoms with E-state index < -0.39 is 5.54 Å². The average Bonchev–Trinajstić information content (AvgIpc) is 3.19. The molecule has 8 heteroatoms. The van der Waals surface area contributed by atoms with Crippen molar-refractivity contribution >= 4 is 56.7 Å². The SMILES string of the molecule is CC1(Cc2ccc(Br)cc2)C(=O)N(c2cc(Cl)cc(Cl)c2)c2ncc(CCCO)n21. The lowest BCUT2D eigenvalue weighted by atomic mass is 9.91. The minimum Gasteiger partial charge on any atom is -0.396 e. The van der Waals surface area contributed by atoms with Gasteiger partial charge in [-0.25, -0.2) is 9.88 Å². The highest BCUT2D eigenvalue weighted by atomic mass is 79.9. The predicted molar refractivity (Wildman–Crippen MR) is 123 cm³/mol. The number of aliphatic hydroxyl groups is 1. The number of anilines is 2. The molecule has 0 spiro atoms. The number of carbonyl (C=O) groups is 1. The maximum absolute atomic E-state index is 13.8. The number of nitrogens with zero attached hydrogens (tertiary/aromatic N) is 3. The first-order chi connectivity index (χ1) is 14.3. The van der Waals surface area contributed by atoms with E-state index in [0.29, 0.717) is 40.9 Å². The first-order valence-corrected chi connectivity index (χ1v) is 11.1. The van der Waals surface area contributed by atoms with Crippen LogP contribution >= 0.6 is 39.1 Å². The highest BCUT2D eigenvalue weighted by Crippen LogP contribution is 2.43. The molecule has 0 aliphatic carbocycles. The van der Waals surface area contributed by atoms with Crippen molar-refractivity contribution in [2.45, 2.75) is 31.7 Å². The van der Waals surface area contributed by atoms with Gasteiger partial charge in [-0.05, 0) is 55.7 Å². The summed E-state index contributed by atoms with van der Waals surface area (Å²) in [5, 5.41) is 10.2. The zero-order valence-corrected chi connectivity index (χ0v) is 19.4. The molecule has 1 aromatic heterocycles. The second-order valence-corrected chi connectivity index (χ2v) is 9.35. The molecule has 1 N–H and O–H groups in total. The van der Waals surface area contributed by atoms with Crippen LogP contribution in [-0.4, -0.2) is 27.2 Å². The summed E-state index contributed by atoms with van der Waals surface area (Å²) in [5.41, 5.74) is 1.65. The lowest BCUT2D eigenvalue weighted by Crippen LogP contribution is -2.41. The number of aryl methyl sites for hydroxylation is 1. The van der Waals surface area contributed by atoms with Crippen molar-refractivity contribution in [1.29, 1.82) is 0 Å². The second kappa shape index (κ2) is 8.35. The van der Waals surface area contributed by atoms with Crippen molar-refractivity contribution in [2.24, 2.45) is 0 Å². The van der Waals surface area contributed by atoms with E-state index in [1.807, 2.05) is 35.8 Å². The molecule has 4 rings (SSSR count). The average molecular weight is 509 g/mol. The molecular formula is C22H20BrCl2N3O2. The Morgan fingerprint density at radius 1 is 1.13 bits per heavy atom. The fraction of sp³-hybridized carbons (Fsp3) is 0.273. The Bertz CT molecular complexity index is 1080. The van der Waals surface area contributed by atoms with Crippen LogP contribution in [0.15, 0.2) is 53.1 Å². The number of aliphatic hydroxyl groups excluding tert-OH is 1. The Labute approximate surface area is 193 Å². The van der Waals surface area contributed by atoms with Crippen LogP contribution in [0.4, 0.5) is 11.6 Å². The van der Waals surface area contributed by atoms with Crippen molar-refractivity contribution in [3.05, 3.63) is 74.4 Å². The van der Waals surface area contributed by atoms with Gasteiger partial charge in [0.2, 0.25) is 5.95 Å². The first-order valence-electron chi connectivity index (χ1n) is 9.56. The topological polar surface area (TPSA) is 58.4 Å². The number of aromatic nitrogens is 2. The van der Waals surface area contributed by atoms with Gasteiger partial charge in [-0.15, -0.1) is 0 Å². The van der Waals surface area contributed by atoms with Crippen LogP contribution in [0, 0.1) is 0 Å². The molecule has 0 fully saturated rings. The van der Waals surface area contributed by atoms with E-state index in [1.165, 1.54) is 0 Å². The molecular weight excluding hydrogens is 489 g/mol. The highest BCUT2D eigenvalue weighted by Gasteiger charge is 2.50. The smallest absolute Gasteiger partial charge is 0.260 e. The van der Waals surface area contributed by atoms with Crippen molar-refractivity contribution in [3.8, 4) is 0 Å². The third kappa shape index (κ3) is 3.78. The van der Waals surface area contributed by atoms with Crippen LogP contribution in [0.25, 0.3) is 0 Å². The fourth-order valence-corrected chi connectivity index (χ4v) is 4.77. The predicted octanol–water partition coefficient (Wildman–Crippen LogP) is 5.51. The van der Waals surface area contributed by atoms with Crippen LogP contribution in [0.2, 0.25) is 10.0 Å². The van der Waals surface area contributed by atoms with E-state index in [2.05, 4.69) is 20.9 Å². The summed E-state index contributed by atoms with van der Waals surface area (Å²) in [4.78, 5) is 19.9. The van der Waals surface area contributed by atoms with Gasteiger partial charge in [-0.3, -0.25) is 9.36 Å². The fourth-order valence-electron chi connectivity index (χ4n) is 3.99. The molecule has 30 heavy (non-hydrogen) atoms. The molecule has 156 valence electrons. The van der Waals surface area contributed by atoms with Crippen LogP contribution in [0.5, 0.6) is 0 Å². The molecule has 1 amide bonds. The van der Waals surface area contributed by atoms with E-state index >= 15 is 0 Å². The third-order valence-corrected chi connectivity index (χ3v) is 6.30. The molecule has 1 unspecified atom stereocenters. The molecule has 2 heterocycles. The number of hydrogen-bond acceptors (Lipinski definition) is 3. The number of carbonyl (C=O) groups excluding carboxylic acids is 1. The normalized spacial score (nSPS) is 18.2. The number of amides is 1. The van der Waals surface area contributed by atoms with Gasteiger partial charge >= 0.3 is 0 Å². The van der Waals surface area contributed by atoms with Crippen LogP contribution < -0.4 is 4.90 Å². The van der Waals surface area contributed by atoms with E-state index in [9.17, 15) is 9.90 Å². The lowest BCUT2D eigenvalue weighted by molar-refractivity contribution is -0.124. The van der Waals surface area contributed by atoms with Crippen molar-refractivity contribution in [1.82, 2.24) is 9.55 Å². The summed E-state index contributed by atoms with van der Waals surface area (Å²) in [6, 6.07) is 13.0. The molecule has 0 bridgehead atoms. The molecule has 1 aliphatic heterocycles. The van der Waals surface area contributed by atoms with Crippen molar-refractivity contribution in [2.75, 3.05) is 11.5 Å². The van der Waals surface area contributed by atoms with Crippen LogP contribution in [0.3, 0.4) is 0 Å². The monoisotopic (exact) mass is 507 g/mol. The van der Waals surface area contributed by atoms with Crippen LogP contribution in [-0.2, 0) is 23.2 Å². The maximum Gasteiger partial charge on any atom is 0.260 e. The number of fused-ring (bicyclic) bond motifs is 1. The zero-order valence-electron chi connectivity index (χ0n) is 16.3. The summed E-state index contributed by atoms with van der Waals surface area (Å²) in [7, 11) is 0. The summed E-state index contributed by atoms with van der Waals surface area (Å²) < 4.78 is 2.97. The summed E-state index contributed by atoms with van der Waals surface area (Å²) in [6.07, 6.45) is 3.49. The molecule has 0 radical (unpaired) electrons. The van der Waals surface area contributed by atoms with Gasteiger partial charge in [0.1, 0.15) is 5.54 Å². The second-order valence-electron chi connectivity index (χ2n) is 7.56. The number of rotatable bonds is 6. The Kier molecular flexibility index (Phi) is 5.95. The number of halogens is 3. The summed E-state index contributed by atoms with van der Waals surface area (Å²) in [6.45, 7) is 2.00. The van der Waals surface area contributed by atoms with E-state index in [-0.39, 0.29) is 12.5 Å². The molecule has 2 aromatic carbocycles. The minimum atomic E-state index is -0.876. The van der Waals surface area contributed by atoms with Gasteiger partial charge in [-0.2, -0.15) is 0 Å². The maximum atomic E-state index is 13.8. The van der Waals surface area contributed by atoms with E-state index in [4.69, 9.17) is 23.2 Å². The Morgan fingerprint density at radius 3 is 2.43 bits per heavy atom. The minimum absolute atomic E-state index is 0.0749. The largest absolute Gasteiger partial charge is 0.396 e. The standard InChI is InChI=1S/C22H20BrCl2N3O2/c1-22(12-14-4-6-15(23)7-5-14)20(30)27(19-10-16(24)9-17(25)11-19)21-26-13-18(28(21)22)3-2-8-29/h4-7,9-11,13,29H,2-3,8,12H2,1H3. The van der Waals surface area contributed by atoms with Gasteiger partial charge in [0.05, 0.1) is 11.9 Å².